The molecule has 0 radical (unpaired) electrons. The third kappa shape index (κ3) is 2.90. The van der Waals surface area contributed by atoms with Crippen LogP contribution in [-0.4, -0.2) is 28.2 Å². The molecule has 0 saturated heterocycles. The van der Waals surface area contributed by atoms with Crippen molar-refractivity contribution in [3.05, 3.63) is 0 Å². The van der Waals surface area contributed by atoms with Crippen LogP contribution in [0.2, 0.25) is 0 Å². The minimum atomic E-state index is -0.719. The van der Waals surface area contributed by atoms with Crippen LogP contribution < -0.4 is 0 Å². The first-order valence-electron chi connectivity index (χ1n) is 3.36. The molecule has 0 aromatic carbocycles. The normalized spacial score (nSPS) is 18.6. The molecule has 0 aliphatic rings. The zero-order valence-corrected chi connectivity index (χ0v) is 7.60. The minimum absolute atomic E-state index is 0.262. The van der Waals surface area contributed by atoms with Crippen LogP contribution in [0.4, 0.5) is 0 Å². The van der Waals surface area contributed by atoms with Crippen molar-refractivity contribution >= 4 is 12.6 Å². The van der Waals surface area contributed by atoms with Gasteiger partial charge in [0, 0.05) is 5.75 Å². The van der Waals surface area contributed by atoms with Crippen LogP contribution in [0.25, 0.3) is 0 Å². The number of aliphatic hydroxyl groups excluding tert-OH is 2. The molecular weight excluding hydrogens is 148 g/mol. The number of thiol groups is 1. The Morgan fingerprint density at radius 1 is 1.30 bits per heavy atom. The predicted octanol–water partition coefficient (Wildman–Crippen LogP) is 0.684. The maximum atomic E-state index is 9.36. The average Bonchev–Trinajstić information content (AvgIpc) is 1.83. The van der Waals surface area contributed by atoms with Gasteiger partial charge in [0.25, 0.3) is 0 Å². The van der Waals surface area contributed by atoms with Gasteiger partial charge in [-0.05, 0) is 5.41 Å². The van der Waals surface area contributed by atoms with Crippen molar-refractivity contribution in [1.82, 2.24) is 0 Å². The molecule has 0 saturated carbocycles. The quantitative estimate of drug-likeness (QED) is 0.525. The molecule has 10 heavy (non-hydrogen) atoms. The summed E-state index contributed by atoms with van der Waals surface area (Å²) in [4.78, 5) is 0. The second-order valence-electron chi connectivity index (χ2n) is 3.56. The number of aliphatic hydroxyl groups is 2. The zero-order chi connectivity index (χ0) is 8.36. The second-order valence-corrected chi connectivity index (χ2v) is 3.93. The lowest BCUT2D eigenvalue weighted by atomic mass is 9.86. The third-order valence-corrected chi connectivity index (χ3v) is 1.81. The molecule has 0 amide bonds. The van der Waals surface area contributed by atoms with Crippen molar-refractivity contribution in [3.63, 3.8) is 0 Å². The van der Waals surface area contributed by atoms with Gasteiger partial charge in [-0.3, -0.25) is 0 Å². The Morgan fingerprint density at radius 2 is 1.70 bits per heavy atom. The molecule has 0 aliphatic heterocycles. The van der Waals surface area contributed by atoms with Gasteiger partial charge in [-0.25, -0.2) is 0 Å². The zero-order valence-electron chi connectivity index (χ0n) is 6.70. The molecule has 2 nitrogen and oxygen atoms in total. The molecule has 0 spiro atoms. The molecule has 0 aromatic heterocycles. The van der Waals surface area contributed by atoms with Crippen molar-refractivity contribution in [2.45, 2.75) is 33.0 Å². The van der Waals surface area contributed by atoms with E-state index in [9.17, 15) is 5.11 Å². The second kappa shape index (κ2) is 3.60. The molecular formula is C7H16O2S. The van der Waals surface area contributed by atoms with E-state index in [0.29, 0.717) is 5.75 Å². The number of hydrogen-bond donors (Lipinski definition) is 3. The Balaban J connectivity index is 3.94. The van der Waals surface area contributed by atoms with Crippen molar-refractivity contribution in [2.75, 3.05) is 5.75 Å². The molecule has 0 aliphatic carbocycles. The molecule has 2 unspecified atom stereocenters. The van der Waals surface area contributed by atoms with E-state index in [1.807, 2.05) is 20.8 Å². The summed E-state index contributed by atoms with van der Waals surface area (Å²) in [6.07, 6.45) is -1.41. The maximum Gasteiger partial charge on any atom is 0.0891 e. The molecule has 0 rings (SSSR count). The van der Waals surface area contributed by atoms with Crippen LogP contribution in [0.5, 0.6) is 0 Å². The monoisotopic (exact) mass is 164 g/mol. The summed E-state index contributed by atoms with van der Waals surface area (Å²) in [5.41, 5.74) is -0.262. The van der Waals surface area contributed by atoms with Crippen molar-refractivity contribution in [1.29, 1.82) is 0 Å². The Hall–Kier alpha value is 0.270. The van der Waals surface area contributed by atoms with Crippen LogP contribution >= 0.6 is 12.6 Å². The summed E-state index contributed by atoms with van der Waals surface area (Å²) in [7, 11) is 0. The highest BCUT2D eigenvalue weighted by atomic mass is 32.1. The van der Waals surface area contributed by atoms with Crippen molar-refractivity contribution in [3.8, 4) is 0 Å². The summed E-state index contributed by atoms with van der Waals surface area (Å²) < 4.78 is 0. The Morgan fingerprint density at radius 3 is 1.80 bits per heavy atom. The van der Waals surface area contributed by atoms with Crippen molar-refractivity contribution < 1.29 is 10.2 Å². The smallest absolute Gasteiger partial charge is 0.0891 e. The molecule has 2 atom stereocenters. The predicted molar refractivity (Wildman–Crippen MR) is 45.3 cm³/mol. The summed E-state index contributed by atoms with van der Waals surface area (Å²) >= 11 is 3.88. The minimum Gasteiger partial charge on any atom is -0.390 e. The van der Waals surface area contributed by atoms with Gasteiger partial charge in [0.1, 0.15) is 0 Å². The highest BCUT2D eigenvalue weighted by Gasteiger charge is 2.27. The summed E-state index contributed by atoms with van der Waals surface area (Å²) in [6, 6.07) is 0. The lowest BCUT2D eigenvalue weighted by Gasteiger charge is -2.28. The van der Waals surface area contributed by atoms with E-state index in [1.54, 1.807) is 0 Å². The summed E-state index contributed by atoms with van der Waals surface area (Å²) in [5.74, 6) is 0.304. The molecule has 0 bridgehead atoms. The SMILES string of the molecule is CC(C)(C)C(O)C(O)CS. The lowest BCUT2D eigenvalue weighted by molar-refractivity contribution is -0.0326. The van der Waals surface area contributed by atoms with Gasteiger partial charge < -0.3 is 10.2 Å². The highest BCUT2D eigenvalue weighted by molar-refractivity contribution is 7.80. The van der Waals surface area contributed by atoms with E-state index in [1.165, 1.54) is 0 Å². The number of hydrogen-bond acceptors (Lipinski definition) is 3. The van der Waals surface area contributed by atoms with E-state index >= 15 is 0 Å². The first-order chi connectivity index (χ1) is 4.39. The summed E-state index contributed by atoms with van der Waals surface area (Å²) in [6.45, 7) is 5.64. The highest BCUT2D eigenvalue weighted by Crippen LogP contribution is 2.21. The first kappa shape index (κ1) is 10.3. The standard InChI is InChI=1S/C7H16O2S/c1-7(2,3)6(9)5(8)4-10/h5-6,8-10H,4H2,1-3H3. The van der Waals surface area contributed by atoms with Gasteiger partial charge in [-0.1, -0.05) is 20.8 Å². The van der Waals surface area contributed by atoms with E-state index in [0.717, 1.165) is 0 Å². The fraction of sp³-hybridized carbons (Fsp3) is 1.00. The van der Waals surface area contributed by atoms with Gasteiger partial charge >= 0.3 is 0 Å². The average molecular weight is 164 g/mol. The Bertz CT molecular complexity index is 98.3. The Labute approximate surface area is 67.7 Å². The lowest BCUT2D eigenvalue weighted by Crippen LogP contribution is -2.38. The van der Waals surface area contributed by atoms with Gasteiger partial charge in [-0.15, -0.1) is 0 Å². The molecule has 62 valence electrons. The van der Waals surface area contributed by atoms with Gasteiger partial charge in [0.2, 0.25) is 0 Å². The van der Waals surface area contributed by atoms with Crippen LogP contribution in [0.1, 0.15) is 20.8 Å². The number of rotatable bonds is 2. The van der Waals surface area contributed by atoms with Gasteiger partial charge in [0.15, 0.2) is 0 Å². The third-order valence-electron chi connectivity index (χ3n) is 1.44. The molecule has 0 heterocycles. The first-order valence-corrected chi connectivity index (χ1v) is 4.00. The van der Waals surface area contributed by atoms with E-state index < -0.39 is 12.2 Å². The fourth-order valence-corrected chi connectivity index (χ4v) is 0.877. The van der Waals surface area contributed by atoms with Gasteiger partial charge in [0.05, 0.1) is 12.2 Å². The fourth-order valence-electron chi connectivity index (χ4n) is 0.677. The van der Waals surface area contributed by atoms with Gasteiger partial charge in [-0.2, -0.15) is 12.6 Å². The van der Waals surface area contributed by atoms with Crippen LogP contribution in [0.3, 0.4) is 0 Å². The van der Waals surface area contributed by atoms with E-state index in [-0.39, 0.29) is 5.41 Å². The topological polar surface area (TPSA) is 40.5 Å². The maximum absolute atomic E-state index is 9.36. The van der Waals surface area contributed by atoms with Crippen LogP contribution in [0.15, 0.2) is 0 Å². The Kier molecular flexibility index (Phi) is 3.70. The van der Waals surface area contributed by atoms with E-state index in [2.05, 4.69) is 12.6 Å². The molecule has 2 N–H and O–H groups in total. The molecule has 3 heteroatoms. The molecule has 0 aromatic rings. The summed E-state index contributed by atoms with van der Waals surface area (Å²) in [5, 5.41) is 18.5. The molecule has 0 fully saturated rings. The largest absolute Gasteiger partial charge is 0.390 e. The van der Waals surface area contributed by atoms with E-state index in [4.69, 9.17) is 5.11 Å². The van der Waals surface area contributed by atoms with Crippen LogP contribution in [-0.2, 0) is 0 Å². The van der Waals surface area contributed by atoms with Crippen LogP contribution in [0, 0.1) is 5.41 Å². The van der Waals surface area contributed by atoms with Crippen molar-refractivity contribution in [2.24, 2.45) is 5.41 Å².